The smallest absolute Gasteiger partial charge is 0.346 e. The molecule has 0 spiro atoms. The predicted molar refractivity (Wildman–Crippen MR) is 168 cm³/mol. The molecule has 0 aromatic heterocycles. The SMILES string of the molecule is CN1C(=O)C(OC(=O)C[P+](c2ccccc2)(c2ccccc2)c2ccccc2)(c2ccccc2)C(=O)c2ccccc21. The van der Waals surface area contributed by atoms with E-state index in [0.29, 0.717) is 16.8 Å². The van der Waals surface area contributed by atoms with E-state index in [-0.39, 0.29) is 6.16 Å². The molecule has 5 aromatic rings. The number of esters is 1. The van der Waals surface area contributed by atoms with Crippen molar-refractivity contribution in [3.05, 3.63) is 157 Å². The van der Waals surface area contributed by atoms with Gasteiger partial charge in [-0.25, -0.2) is 4.79 Å². The molecule has 206 valence electrons. The van der Waals surface area contributed by atoms with Crippen molar-refractivity contribution < 1.29 is 19.1 Å². The zero-order valence-corrected chi connectivity index (χ0v) is 24.0. The van der Waals surface area contributed by atoms with E-state index in [2.05, 4.69) is 0 Å². The number of hydrogen-bond donors (Lipinski definition) is 0. The summed E-state index contributed by atoms with van der Waals surface area (Å²) in [6, 6.07) is 45.4. The second-order valence-corrected chi connectivity index (χ2v) is 13.7. The first-order valence-corrected chi connectivity index (χ1v) is 15.7. The van der Waals surface area contributed by atoms with Crippen LogP contribution in [0.25, 0.3) is 0 Å². The van der Waals surface area contributed by atoms with Gasteiger partial charge >= 0.3 is 5.97 Å². The number of benzene rings is 5. The Hall–Kier alpha value is -4.86. The number of Topliss-reactive ketones (excluding diaryl/α,β-unsaturated/α-hetero) is 1. The van der Waals surface area contributed by atoms with Crippen molar-refractivity contribution in [2.45, 2.75) is 5.60 Å². The summed E-state index contributed by atoms with van der Waals surface area (Å²) in [4.78, 5) is 44.3. The van der Waals surface area contributed by atoms with Crippen molar-refractivity contribution in [2.75, 3.05) is 18.1 Å². The van der Waals surface area contributed by atoms with Crippen LogP contribution in [0.2, 0.25) is 0 Å². The van der Waals surface area contributed by atoms with E-state index < -0.39 is 30.5 Å². The third-order valence-electron chi connectivity index (χ3n) is 7.84. The lowest BCUT2D eigenvalue weighted by Gasteiger charge is -2.39. The normalized spacial score (nSPS) is 16.5. The average molecular weight is 571 g/mol. The topological polar surface area (TPSA) is 63.7 Å². The van der Waals surface area contributed by atoms with E-state index in [0.717, 1.165) is 15.9 Å². The van der Waals surface area contributed by atoms with Crippen LogP contribution in [-0.2, 0) is 19.9 Å². The minimum absolute atomic E-state index is 0.0362. The first-order valence-electron chi connectivity index (χ1n) is 13.7. The minimum atomic E-state index is -2.63. The molecular weight excluding hydrogens is 541 g/mol. The van der Waals surface area contributed by atoms with Crippen molar-refractivity contribution in [1.82, 2.24) is 0 Å². The van der Waals surface area contributed by atoms with Crippen LogP contribution in [0, 0.1) is 0 Å². The van der Waals surface area contributed by atoms with E-state index in [4.69, 9.17) is 4.74 Å². The summed E-state index contributed by atoms with van der Waals surface area (Å²) in [5.74, 6) is -1.78. The van der Waals surface area contributed by atoms with E-state index in [1.807, 2.05) is 91.0 Å². The summed E-state index contributed by atoms with van der Waals surface area (Å²) in [7, 11) is -1.02. The van der Waals surface area contributed by atoms with Gasteiger partial charge in [-0.1, -0.05) is 97.1 Å². The number of hydrogen-bond acceptors (Lipinski definition) is 4. The van der Waals surface area contributed by atoms with E-state index in [9.17, 15) is 14.4 Å². The average Bonchev–Trinajstić information content (AvgIpc) is 3.06. The molecule has 5 nitrogen and oxygen atoms in total. The van der Waals surface area contributed by atoms with Crippen molar-refractivity contribution in [2.24, 2.45) is 0 Å². The molecule has 1 aliphatic rings. The number of carbonyl (C=O) groups excluding carboxylic acids is 3. The number of fused-ring (bicyclic) bond motifs is 1. The van der Waals surface area contributed by atoms with Crippen LogP contribution < -0.4 is 20.8 Å². The Labute approximate surface area is 245 Å². The first kappa shape index (κ1) is 27.3. The van der Waals surface area contributed by atoms with Gasteiger partial charge in [0.2, 0.25) is 5.78 Å². The Morgan fingerprint density at radius 3 is 1.57 bits per heavy atom. The fourth-order valence-electron chi connectivity index (χ4n) is 5.83. The second kappa shape index (κ2) is 11.2. The lowest BCUT2D eigenvalue weighted by atomic mass is 9.80. The van der Waals surface area contributed by atoms with Crippen molar-refractivity contribution in [3.63, 3.8) is 0 Å². The third kappa shape index (κ3) is 4.43. The zero-order chi connectivity index (χ0) is 29.2. The molecule has 1 unspecified atom stereocenters. The molecule has 0 fully saturated rings. The molecule has 42 heavy (non-hydrogen) atoms. The molecule has 1 amide bonds. The van der Waals surface area contributed by atoms with Crippen LogP contribution in [0.5, 0.6) is 0 Å². The fourth-order valence-corrected chi connectivity index (χ4v) is 9.77. The molecule has 0 saturated heterocycles. The summed E-state index contributed by atoms with van der Waals surface area (Å²) in [6.45, 7) is 0. The highest BCUT2D eigenvalue weighted by Gasteiger charge is 2.58. The Bertz CT molecular complexity index is 1650. The number of para-hydroxylation sites is 1. The molecule has 1 aliphatic heterocycles. The van der Waals surface area contributed by atoms with Gasteiger partial charge in [0.05, 0.1) is 5.69 Å². The van der Waals surface area contributed by atoms with Crippen LogP contribution >= 0.6 is 7.26 Å². The maximum Gasteiger partial charge on any atom is 0.346 e. The van der Waals surface area contributed by atoms with Crippen molar-refractivity contribution >= 4 is 46.5 Å². The fraction of sp³-hybridized carbons (Fsp3) is 0.0833. The third-order valence-corrected chi connectivity index (χ3v) is 12.1. The van der Waals surface area contributed by atoms with Gasteiger partial charge in [0, 0.05) is 18.2 Å². The first-order chi connectivity index (χ1) is 20.5. The number of ether oxygens (including phenoxy) is 1. The van der Waals surface area contributed by atoms with Gasteiger partial charge in [-0.2, -0.15) is 0 Å². The maximum atomic E-state index is 14.4. The lowest BCUT2D eigenvalue weighted by Crippen LogP contribution is -2.57. The molecule has 5 aromatic carbocycles. The lowest BCUT2D eigenvalue weighted by molar-refractivity contribution is -0.161. The van der Waals surface area contributed by atoms with Gasteiger partial charge in [0.15, 0.2) is 6.16 Å². The molecule has 0 aliphatic carbocycles. The Kier molecular flexibility index (Phi) is 7.28. The molecule has 0 N–H and O–H groups in total. The van der Waals surface area contributed by atoms with Crippen LogP contribution in [0.15, 0.2) is 146 Å². The molecule has 0 radical (unpaired) electrons. The van der Waals surface area contributed by atoms with Crippen LogP contribution in [0.4, 0.5) is 5.69 Å². The van der Waals surface area contributed by atoms with E-state index >= 15 is 0 Å². The number of amides is 1. The van der Waals surface area contributed by atoms with Gasteiger partial charge in [0.25, 0.3) is 11.5 Å². The Balaban J connectivity index is 1.52. The summed E-state index contributed by atoms with van der Waals surface area (Å²) in [5.41, 5.74) is -1.03. The standard InChI is InChI=1S/C36H29NO4P/c1-37-32-25-15-14-24-31(32)34(39)36(35(37)40,27-16-6-2-7-17-27)41-33(38)26-42(28-18-8-3-9-19-28,29-20-10-4-11-21-29)30-22-12-5-13-23-30/h2-25H,26H2,1H3/q+1. The predicted octanol–water partition coefficient (Wildman–Crippen LogP) is 5.28. The van der Waals surface area contributed by atoms with Crippen LogP contribution in [0.3, 0.4) is 0 Å². The Morgan fingerprint density at radius 2 is 1.07 bits per heavy atom. The molecule has 0 bridgehead atoms. The maximum absolute atomic E-state index is 14.4. The highest BCUT2D eigenvalue weighted by molar-refractivity contribution is 7.96. The number of rotatable bonds is 7. The zero-order valence-electron chi connectivity index (χ0n) is 23.1. The highest BCUT2D eigenvalue weighted by Crippen LogP contribution is 2.55. The number of ketones is 1. The van der Waals surface area contributed by atoms with Gasteiger partial charge in [-0.05, 0) is 48.5 Å². The largest absolute Gasteiger partial charge is 0.433 e. The van der Waals surface area contributed by atoms with Crippen molar-refractivity contribution in [3.8, 4) is 0 Å². The summed E-state index contributed by atoms with van der Waals surface area (Å²) < 4.78 is 6.28. The molecule has 6 heteroatoms. The summed E-state index contributed by atoms with van der Waals surface area (Å²) in [6.07, 6.45) is -0.0362. The minimum Gasteiger partial charge on any atom is -0.433 e. The van der Waals surface area contributed by atoms with Gasteiger partial charge < -0.3 is 9.64 Å². The highest BCUT2D eigenvalue weighted by atomic mass is 31.2. The quantitative estimate of drug-likeness (QED) is 0.152. The second-order valence-electron chi connectivity index (χ2n) is 10.2. The van der Waals surface area contributed by atoms with Crippen LogP contribution in [-0.4, -0.2) is 30.9 Å². The summed E-state index contributed by atoms with van der Waals surface area (Å²) in [5, 5.41) is 2.99. The van der Waals surface area contributed by atoms with E-state index in [1.165, 1.54) is 4.90 Å². The number of nitrogens with zero attached hydrogens (tertiary/aromatic N) is 1. The number of anilines is 1. The molecule has 6 rings (SSSR count). The van der Waals surface area contributed by atoms with Gasteiger partial charge in [0.1, 0.15) is 23.2 Å². The number of likely N-dealkylation sites (N-methyl/N-ethyl adjacent to an activating group) is 1. The molecule has 1 atom stereocenters. The Morgan fingerprint density at radius 1 is 0.643 bits per heavy atom. The van der Waals surface area contributed by atoms with Gasteiger partial charge in [-0.15, -0.1) is 0 Å². The van der Waals surface area contributed by atoms with Crippen molar-refractivity contribution in [1.29, 1.82) is 0 Å². The molecule has 0 saturated carbocycles. The number of carbonyl (C=O) groups is 3. The van der Waals surface area contributed by atoms with Gasteiger partial charge in [-0.3, -0.25) is 9.59 Å². The monoisotopic (exact) mass is 570 g/mol. The summed E-state index contributed by atoms with van der Waals surface area (Å²) >= 11 is 0. The van der Waals surface area contributed by atoms with E-state index in [1.54, 1.807) is 61.6 Å². The molecular formula is C36H29NO4P+. The van der Waals surface area contributed by atoms with Crippen LogP contribution in [0.1, 0.15) is 15.9 Å². The molecule has 1 heterocycles.